The van der Waals surface area contributed by atoms with Crippen LogP contribution in [0.4, 0.5) is 8.78 Å². The van der Waals surface area contributed by atoms with Crippen molar-refractivity contribution in [3.63, 3.8) is 0 Å². The molecule has 1 unspecified atom stereocenters. The van der Waals surface area contributed by atoms with Gasteiger partial charge in [-0.15, -0.1) is 0 Å². The van der Waals surface area contributed by atoms with Gasteiger partial charge in [-0.2, -0.15) is 0 Å². The maximum Gasteiger partial charge on any atom is 0.260 e. The Morgan fingerprint density at radius 2 is 2.00 bits per heavy atom. The van der Waals surface area contributed by atoms with Crippen LogP contribution in [0.3, 0.4) is 0 Å². The number of rotatable bonds is 3. The molecule has 0 bridgehead atoms. The van der Waals surface area contributed by atoms with E-state index in [9.17, 15) is 8.78 Å². The average molecular weight is 137 g/mol. The van der Waals surface area contributed by atoms with Gasteiger partial charge < -0.3 is 5.73 Å². The second kappa shape index (κ2) is 3.11. The Kier molecular flexibility index (Phi) is 3.04. The van der Waals surface area contributed by atoms with E-state index in [2.05, 4.69) is 0 Å². The number of halogens is 2. The van der Waals surface area contributed by atoms with Gasteiger partial charge in [-0.1, -0.05) is 13.3 Å². The highest BCUT2D eigenvalue weighted by atomic mass is 19.3. The molecular weight excluding hydrogens is 124 g/mol. The lowest BCUT2D eigenvalue weighted by atomic mass is 10.1. The molecule has 0 aliphatic rings. The van der Waals surface area contributed by atoms with Crippen molar-refractivity contribution >= 4 is 0 Å². The second-order valence-electron chi connectivity index (χ2n) is 2.35. The number of hydrogen-bond acceptors (Lipinski definition) is 1. The van der Waals surface area contributed by atoms with Crippen LogP contribution in [0.5, 0.6) is 0 Å². The summed E-state index contributed by atoms with van der Waals surface area (Å²) in [6, 6.07) is -0.970. The van der Waals surface area contributed by atoms with Crippen LogP contribution in [0.1, 0.15) is 26.7 Å². The highest BCUT2D eigenvalue weighted by Crippen LogP contribution is 2.18. The van der Waals surface area contributed by atoms with Crippen LogP contribution in [0.2, 0.25) is 0 Å². The van der Waals surface area contributed by atoms with Crippen LogP contribution in [-0.2, 0) is 0 Å². The molecule has 0 rings (SSSR count). The first kappa shape index (κ1) is 8.82. The zero-order valence-corrected chi connectivity index (χ0v) is 5.82. The summed E-state index contributed by atoms with van der Waals surface area (Å²) in [5.41, 5.74) is 5.11. The summed E-state index contributed by atoms with van der Waals surface area (Å²) >= 11 is 0. The lowest BCUT2D eigenvalue weighted by molar-refractivity contribution is -0.00798. The van der Waals surface area contributed by atoms with E-state index in [0.717, 1.165) is 6.92 Å². The van der Waals surface area contributed by atoms with Crippen molar-refractivity contribution in [2.75, 3.05) is 0 Å². The summed E-state index contributed by atoms with van der Waals surface area (Å²) in [7, 11) is 0. The average Bonchev–Trinajstić information content (AvgIpc) is 1.64. The normalized spacial score (nSPS) is 15.7. The molecule has 0 saturated carbocycles. The summed E-state index contributed by atoms with van der Waals surface area (Å²) in [6.45, 7) is 2.69. The fraction of sp³-hybridized carbons (Fsp3) is 1.00. The van der Waals surface area contributed by atoms with Gasteiger partial charge in [0.25, 0.3) is 5.92 Å². The maximum atomic E-state index is 12.2. The molecule has 0 spiro atoms. The van der Waals surface area contributed by atoms with Crippen molar-refractivity contribution in [3.05, 3.63) is 0 Å². The van der Waals surface area contributed by atoms with Crippen LogP contribution >= 0.6 is 0 Å². The molecule has 0 radical (unpaired) electrons. The summed E-state index contributed by atoms with van der Waals surface area (Å²) < 4.78 is 24.4. The van der Waals surface area contributed by atoms with Gasteiger partial charge in [0.1, 0.15) is 0 Å². The fourth-order valence-corrected chi connectivity index (χ4v) is 0.564. The minimum absolute atomic E-state index is 0.392. The summed E-state index contributed by atoms with van der Waals surface area (Å²) in [6.07, 6.45) is 1.11. The highest BCUT2D eigenvalue weighted by molar-refractivity contribution is 4.74. The minimum atomic E-state index is -2.71. The van der Waals surface area contributed by atoms with Gasteiger partial charge in [0.05, 0.1) is 6.04 Å². The Morgan fingerprint density at radius 1 is 1.56 bits per heavy atom. The quantitative estimate of drug-likeness (QED) is 0.630. The summed E-state index contributed by atoms with van der Waals surface area (Å²) in [5.74, 6) is -2.71. The van der Waals surface area contributed by atoms with Crippen LogP contribution < -0.4 is 5.73 Å². The molecule has 0 aromatic heterocycles. The van der Waals surface area contributed by atoms with Gasteiger partial charge in [0.15, 0.2) is 0 Å². The third-order valence-electron chi connectivity index (χ3n) is 1.25. The predicted octanol–water partition coefficient (Wildman–Crippen LogP) is 1.77. The topological polar surface area (TPSA) is 26.0 Å². The zero-order chi connectivity index (χ0) is 7.49. The summed E-state index contributed by atoms with van der Waals surface area (Å²) in [5, 5.41) is 0. The maximum absolute atomic E-state index is 12.2. The molecule has 2 N–H and O–H groups in total. The van der Waals surface area contributed by atoms with Crippen LogP contribution in [0, 0.1) is 0 Å². The lowest BCUT2D eigenvalue weighted by Crippen LogP contribution is -2.37. The number of hydrogen-bond donors (Lipinski definition) is 1. The summed E-state index contributed by atoms with van der Waals surface area (Å²) in [4.78, 5) is 0. The van der Waals surface area contributed by atoms with Crippen molar-refractivity contribution in [1.29, 1.82) is 0 Å². The van der Waals surface area contributed by atoms with E-state index in [4.69, 9.17) is 5.73 Å². The molecule has 1 nitrogen and oxygen atoms in total. The van der Waals surface area contributed by atoms with E-state index < -0.39 is 12.0 Å². The minimum Gasteiger partial charge on any atom is -0.323 e. The molecule has 1 atom stereocenters. The molecule has 0 amide bonds. The predicted molar refractivity (Wildman–Crippen MR) is 33.5 cm³/mol. The van der Waals surface area contributed by atoms with Gasteiger partial charge >= 0.3 is 0 Å². The molecular formula is C6H13F2N. The molecule has 9 heavy (non-hydrogen) atoms. The van der Waals surface area contributed by atoms with Gasteiger partial charge in [-0.05, 0) is 6.42 Å². The van der Waals surface area contributed by atoms with E-state index >= 15 is 0 Å². The lowest BCUT2D eigenvalue weighted by Gasteiger charge is -2.17. The molecule has 0 aliphatic heterocycles. The first-order chi connectivity index (χ1) is 3.98. The van der Waals surface area contributed by atoms with Crippen molar-refractivity contribution in [2.24, 2.45) is 5.73 Å². The highest BCUT2D eigenvalue weighted by Gasteiger charge is 2.29. The third-order valence-corrected chi connectivity index (χ3v) is 1.25. The molecule has 0 aromatic rings. The van der Waals surface area contributed by atoms with Crippen LogP contribution in [0.25, 0.3) is 0 Å². The number of alkyl halides is 2. The van der Waals surface area contributed by atoms with Crippen LogP contribution in [-0.4, -0.2) is 12.0 Å². The Morgan fingerprint density at radius 3 is 2.11 bits per heavy atom. The Balaban J connectivity index is 3.59. The van der Waals surface area contributed by atoms with Crippen molar-refractivity contribution in [1.82, 2.24) is 0 Å². The van der Waals surface area contributed by atoms with Crippen molar-refractivity contribution in [3.8, 4) is 0 Å². The van der Waals surface area contributed by atoms with Crippen LogP contribution in [0.15, 0.2) is 0 Å². The molecule has 0 heterocycles. The standard InChI is InChI=1S/C6H13F2N/c1-3-4-5(9)6(2,7)8/h5H,3-4,9H2,1-2H3. The van der Waals surface area contributed by atoms with Crippen molar-refractivity contribution < 1.29 is 8.78 Å². The Bertz CT molecular complexity index is 77.6. The third kappa shape index (κ3) is 3.40. The largest absolute Gasteiger partial charge is 0.323 e. The van der Waals surface area contributed by atoms with E-state index in [1.54, 1.807) is 0 Å². The molecule has 3 heteroatoms. The fourth-order valence-electron chi connectivity index (χ4n) is 0.564. The van der Waals surface area contributed by atoms with E-state index in [1.807, 2.05) is 6.92 Å². The Hall–Kier alpha value is -0.180. The van der Waals surface area contributed by atoms with E-state index in [0.29, 0.717) is 12.8 Å². The molecule has 0 saturated heterocycles. The first-order valence-electron chi connectivity index (χ1n) is 3.12. The Labute approximate surface area is 54.2 Å². The van der Waals surface area contributed by atoms with Gasteiger partial charge in [-0.25, -0.2) is 8.78 Å². The number of nitrogens with two attached hydrogens (primary N) is 1. The van der Waals surface area contributed by atoms with Gasteiger partial charge in [0, 0.05) is 6.92 Å². The molecule has 0 aliphatic carbocycles. The van der Waals surface area contributed by atoms with Gasteiger partial charge in [0.2, 0.25) is 0 Å². The second-order valence-corrected chi connectivity index (χ2v) is 2.35. The van der Waals surface area contributed by atoms with E-state index in [-0.39, 0.29) is 0 Å². The monoisotopic (exact) mass is 137 g/mol. The smallest absolute Gasteiger partial charge is 0.260 e. The van der Waals surface area contributed by atoms with Gasteiger partial charge in [-0.3, -0.25) is 0 Å². The molecule has 0 fully saturated rings. The van der Waals surface area contributed by atoms with Crippen molar-refractivity contribution in [2.45, 2.75) is 38.7 Å². The zero-order valence-electron chi connectivity index (χ0n) is 5.82. The molecule has 0 aromatic carbocycles. The van der Waals surface area contributed by atoms with E-state index in [1.165, 1.54) is 0 Å². The molecule has 56 valence electrons. The SMILES string of the molecule is CCCC(N)C(C)(F)F. The first-order valence-corrected chi connectivity index (χ1v) is 3.12.